The van der Waals surface area contributed by atoms with Gasteiger partial charge >= 0.3 is 0 Å². The Morgan fingerprint density at radius 3 is 3.08 bits per heavy atom. The van der Waals surface area contributed by atoms with E-state index in [9.17, 15) is 0 Å². The monoisotopic (exact) mass is 189 g/mol. The largest absolute Gasteiger partial charge is 0.300 e. The lowest BCUT2D eigenvalue weighted by Crippen LogP contribution is -1.75. The normalized spacial score (nSPS) is 11.1. The topological polar surface area (TPSA) is 44.5 Å². The summed E-state index contributed by atoms with van der Waals surface area (Å²) >= 11 is 1.64. The smallest absolute Gasteiger partial charge is 0.141 e. The third kappa shape index (κ3) is 0.922. The number of H-pyrrole nitrogens is 2. The highest BCUT2D eigenvalue weighted by atomic mass is 32.1. The van der Waals surface area contributed by atoms with Crippen LogP contribution in [0, 0.1) is 0 Å². The first-order valence-corrected chi connectivity index (χ1v) is 4.88. The summed E-state index contributed by atoms with van der Waals surface area (Å²) in [6, 6.07) is 6.16. The quantitative estimate of drug-likeness (QED) is 0.607. The molecule has 3 rings (SSSR count). The highest BCUT2D eigenvalue weighted by molar-refractivity contribution is 7.13. The lowest BCUT2D eigenvalue weighted by atomic mass is 10.2. The van der Waals surface area contributed by atoms with E-state index in [0.717, 1.165) is 16.4 Å². The van der Waals surface area contributed by atoms with E-state index in [4.69, 9.17) is 0 Å². The maximum atomic E-state index is 4.26. The van der Waals surface area contributed by atoms with Crippen molar-refractivity contribution in [2.75, 3.05) is 0 Å². The van der Waals surface area contributed by atoms with Crippen LogP contribution in [0.15, 0.2) is 29.8 Å². The van der Waals surface area contributed by atoms with E-state index in [1.807, 2.05) is 23.7 Å². The average molecular weight is 189 g/mol. The molecule has 2 heterocycles. The molecule has 0 unspecified atom stereocenters. The van der Waals surface area contributed by atoms with Crippen LogP contribution in [0.4, 0.5) is 0 Å². The van der Waals surface area contributed by atoms with Gasteiger partial charge in [0.2, 0.25) is 0 Å². The Balaban J connectivity index is 2.24. The highest BCUT2D eigenvalue weighted by Crippen LogP contribution is 2.32. The van der Waals surface area contributed by atoms with Crippen LogP contribution in [-0.4, -0.2) is 15.2 Å². The molecule has 2 N–H and O–H groups in total. The number of thiazole rings is 1. The van der Waals surface area contributed by atoms with Gasteiger partial charge in [0.25, 0.3) is 0 Å². The molecule has 0 bridgehead atoms. The maximum Gasteiger partial charge on any atom is 0.141 e. The fourth-order valence-corrected chi connectivity index (χ4v) is 2.11. The zero-order valence-electron chi connectivity index (χ0n) is 6.74. The summed E-state index contributed by atoms with van der Waals surface area (Å²) in [4.78, 5) is 4.26. The number of hydrogen-bond acceptors (Lipinski definition) is 2. The molecule has 1 aromatic heterocycles. The van der Waals surface area contributed by atoms with Crippen LogP contribution in [0.2, 0.25) is 0 Å². The molecule has 0 saturated heterocycles. The van der Waals surface area contributed by atoms with Gasteiger partial charge in [-0.15, -0.1) is 11.3 Å². The Morgan fingerprint density at radius 2 is 2.23 bits per heavy atom. The second-order valence-corrected chi connectivity index (χ2v) is 3.71. The minimum absolute atomic E-state index is 1.03. The van der Waals surface area contributed by atoms with Crippen molar-refractivity contribution in [1.82, 2.24) is 15.2 Å². The van der Waals surface area contributed by atoms with Gasteiger partial charge in [0.1, 0.15) is 5.01 Å². The number of aromatic nitrogens is 3. The van der Waals surface area contributed by atoms with Gasteiger partial charge in [-0.1, -0.05) is 12.1 Å². The summed E-state index contributed by atoms with van der Waals surface area (Å²) in [5.41, 5.74) is 3.41. The minimum atomic E-state index is 1.03. The van der Waals surface area contributed by atoms with Crippen LogP contribution in [0.5, 0.6) is 0 Å². The minimum Gasteiger partial charge on any atom is -0.300 e. The van der Waals surface area contributed by atoms with Crippen LogP contribution >= 0.6 is 11.3 Å². The molecule has 0 atom stereocenters. The Hall–Kier alpha value is -1.55. The molecule has 13 heavy (non-hydrogen) atoms. The summed E-state index contributed by atoms with van der Waals surface area (Å²) in [6.45, 7) is 0. The van der Waals surface area contributed by atoms with Crippen molar-refractivity contribution < 1.29 is 0 Å². The van der Waals surface area contributed by atoms with Gasteiger partial charge in [-0.05, 0) is 6.07 Å². The third-order valence-corrected chi connectivity index (χ3v) is 2.84. The van der Waals surface area contributed by atoms with Crippen molar-refractivity contribution in [3.63, 3.8) is 0 Å². The van der Waals surface area contributed by atoms with Crippen molar-refractivity contribution in [3.8, 4) is 22.0 Å². The van der Waals surface area contributed by atoms with Crippen molar-refractivity contribution in [1.29, 1.82) is 0 Å². The molecule has 0 fully saturated rings. The molecule has 0 saturated carbocycles. The van der Waals surface area contributed by atoms with Gasteiger partial charge < -0.3 is 5.10 Å². The number of fused-ring (bicyclic) bond motifs is 1. The molecule has 64 valence electrons. The van der Waals surface area contributed by atoms with E-state index >= 15 is 0 Å². The van der Waals surface area contributed by atoms with Crippen LogP contribution in [0.3, 0.4) is 0 Å². The molecule has 1 aromatic rings. The molecule has 1 aliphatic heterocycles. The second kappa shape index (κ2) is 2.47. The molecule has 2 aliphatic rings. The summed E-state index contributed by atoms with van der Waals surface area (Å²) in [5.74, 6) is 0. The summed E-state index contributed by atoms with van der Waals surface area (Å²) in [5, 5.41) is 9.22. The molecule has 4 heteroatoms. The van der Waals surface area contributed by atoms with Crippen LogP contribution in [0.25, 0.3) is 22.0 Å². The Bertz CT molecular complexity index is 477. The second-order valence-electron chi connectivity index (χ2n) is 2.82. The number of nitrogens with zero attached hydrogens (tertiary/aromatic N) is 1. The number of aromatic amines is 2. The Morgan fingerprint density at radius 1 is 1.23 bits per heavy atom. The summed E-state index contributed by atoms with van der Waals surface area (Å²) in [7, 11) is 0. The van der Waals surface area contributed by atoms with Gasteiger partial charge in [0.15, 0.2) is 0 Å². The fourth-order valence-electron chi connectivity index (χ4n) is 1.46. The van der Waals surface area contributed by atoms with Gasteiger partial charge in [0, 0.05) is 17.1 Å². The number of hydrogen-bond donors (Lipinski definition) is 2. The summed E-state index contributed by atoms with van der Waals surface area (Å²) in [6.07, 6.45) is 1.82. The van der Waals surface area contributed by atoms with Crippen LogP contribution in [0.1, 0.15) is 0 Å². The lowest BCUT2D eigenvalue weighted by molar-refractivity contribution is 1.10. The number of nitrogens with one attached hydrogen (secondary N) is 2. The Kier molecular flexibility index (Phi) is 1.31. The molecule has 0 spiro atoms. The fraction of sp³-hybridized carbons (Fsp3) is 0. The van der Waals surface area contributed by atoms with Gasteiger partial charge in [-0.25, -0.2) is 4.98 Å². The van der Waals surface area contributed by atoms with Gasteiger partial charge in [-0.3, -0.25) is 5.10 Å². The lowest BCUT2D eigenvalue weighted by Gasteiger charge is -1.90. The van der Waals surface area contributed by atoms with E-state index in [1.54, 1.807) is 11.3 Å². The van der Waals surface area contributed by atoms with Crippen molar-refractivity contribution in [2.45, 2.75) is 0 Å². The van der Waals surface area contributed by atoms with Crippen molar-refractivity contribution in [2.24, 2.45) is 0 Å². The van der Waals surface area contributed by atoms with Crippen molar-refractivity contribution >= 4 is 11.3 Å². The third-order valence-electron chi connectivity index (χ3n) is 2.05. The standard InChI is InChI=1S/C9H7N3S/c1-2-6-7(3-1)11-12-8(6)9-10-4-5-13-9/h1-5,11-12H. The predicted molar refractivity (Wildman–Crippen MR) is 52.9 cm³/mol. The molecular formula is C9H7N3S. The van der Waals surface area contributed by atoms with Crippen molar-refractivity contribution in [3.05, 3.63) is 29.8 Å². The van der Waals surface area contributed by atoms with E-state index < -0.39 is 0 Å². The molecular weight excluding hydrogens is 182 g/mol. The molecule has 1 aliphatic carbocycles. The summed E-state index contributed by atoms with van der Waals surface area (Å²) < 4.78 is 0. The van der Waals surface area contributed by atoms with E-state index in [-0.39, 0.29) is 0 Å². The maximum absolute atomic E-state index is 4.26. The zero-order valence-corrected chi connectivity index (χ0v) is 7.56. The SMILES string of the molecule is c1cc2[nH][nH]c(-c3nccs3)c-2c1. The molecule has 0 amide bonds. The predicted octanol–water partition coefficient (Wildman–Crippen LogP) is 2.57. The molecule has 0 radical (unpaired) electrons. The average Bonchev–Trinajstić information content (AvgIpc) is 2.79. The first-order chi connectivity index (χ1) is 6.45. The van der Waals surface area contributed by atoms with E-state index in [1.165, 1.54) is 5.56 Å². The van der Waals surface area contributed by atoms with E-state index in [0.29, 0.717) is 0 Å². The molecule has 0 aromatic carbocycles. The van der Waals surface area contributed by atoms with Gasteiger partial charge in [-0.2, -0.15) is 0 Å². The van der Waals surface area contributed by atoms with Crippen LogP contribution in [-0.2, 0) is 0 Å². The molecule has 3 nitrogen and oxygen atoms in total. The van der Waals surface area contributed by atoms with Gasteiger partial charge in [0.05, 0.1) is 11.4 Å². The first kappa shape index (κ1) is 6.91. The zero-order chi connectivity index (χ0) is 8.67. The first-order valence-electron chi connectivity index (χ1n) is 4.00. The van der Waals surface area contributed by atoms with Crippen LogP contribution < -0.4 is 0 Å². The highest BCUT2D eigenvalue weighted by Gasteiger charge is 2.13. The number of rotatable bonds is 1. The Labute approximate surface area is 78.8 Å². The van der Waals surface area contributed by atoms with E-state index in [2.05, 4.69) is 21.2 Å².